The smallest absolute Gasteiger partial charge is 0.225 e. The molecule has 2 saturated heterocycles. The van der Waals surface area contributed by atoms with E-state index in [0.717, 1.165) is 26.1 Å². The molecular formula is C9H16N2O2. The molecule has 4 nitrogen and oxygen atoms in total. The molecule has 2 rings (SSSR count). The highest BCUT2D eigenvalue weighted by Crippen LogP contribution is 2.11. The summed E-state index contributed by atoms with van der Waals surface area (Å²) in [5, 5.41) is 3.28. The molecule has 0 aliphatic carbocycles. The summed E-state index contributed by atoms with van der Waals surface area (Å²) in [7, 11) is 0. The number of hydrogen-bond acceptors (Lipinski definition) is 3. The molecule has 2 heterocycles. The fourth-order valence-corrected chi connectivity index (χ4v) is 1.98. The Kier molecular flexibility index (Phi) is 2.80. The van der Waals surface area contributed by atoms with E-state index >= 15 is 0 Å². The molecule has 0 aromatic heterocycles. The van der Waals surface area contributed by atoms with Gasteiger partial charge in [0.15, 0.2) is 0 Å². The van der Waals surface area contributed by atoms with Crippen molar-refractivity contribution in [2.24, 2.45) is 0 Å². The van der Waals surface area contributed by atoms with Crippen LogP contribution >= 0.6 is 0 Å². The van der Waals surface area contributed by atoms with Crippen molar-refractivity contribution in [1.29, 1.82) is 0 Å². The van der Waals surface area contributed by atoms with Gasteiger partial charge in [-0.05, 0) is 13.0 Å². The maximum atomic E-state index is 11.6. The van der Waals surface area contributed by atoms with Gasteiger partial charge in [0.25, 0.3) is 0 Å². The maximum absolute atomic E-state index is 11.6. The summed E-state index contributed by atoms with van der Waals surface area (Å²) in [6.45, 7) is 4.05. The van der Waals surface area contributed by atoms with Gasteiger partial charge in [-0.2, -0.15) is 0 Å². The molecule has 2 fully saturated rings. The molecule has 2 aliphatic rings. The standard InChI is InChI=1S/C9H16N2O2/c12-9-2-5-13-6-4-11(9)8-1-3-10-7-8/h8,10H,1-7H2. The number of carbonyl (C=O) groups excluding carboxylic acids is 1. The molecule has 0 aromatic rings. The second-order valence-electron chi connectivity index (χ2n) is 3.60. The Morgan fingerprint density at radius 3 is 3.15 bits per heavy atom. The summed E-state index contributed by atoms with van der Waals surface area (Å²) in [5.74, 6) is 0.256. The summed E-state index contributed by atoms with van der Waals surface area (Å²) in [6.07, 6.45) is 1.64. The predicted molar refractivity (Wildman–Crippen MR) is 48.4 cm³/mol. The van der Waals surface area contributed by atoms with Crippen LogP contribution in [0, 0.1) is 0 Å². The lowest BCUT2D eigenvalue weighted by Crippen LogP contribution is -2.42. The molecule has 4 heteroatoms. The molecule has 0 bridgehead atoms. The highest BCUT2D eigenvalue weighted by molar-refractivity contribution is 5.76. The van der Waals surface area contributed by atoms with Crippen LogP contribution in [0.15, 0.2) is 0 Å². The van der Waals surface area contributed by atoms with Crippen molar-refractivity contribution in [2.45, 2.75) is 18.9 Å². The Hall–Kier alpha value is -0.610. The molecule has 0 aromatic carbocycles. The van der Waals surface area contributed by atoms with Crippen molar-refractivity contribution in [3.63, 3.8) is 0 Å². The third-order valence-electron chi connectivity index (χ3n) is 2.73. The molecule has 13 heavy (non-hydrogen) atoms. The first-order valence-electron chi connectivity index (χ1n) is 4.96. The van der Waals surface area contributed by atoms with Crippen LogP contribution in [0.2, 0.25) is 0 Å². The third-order valence-corrected chi connectivity index (χ3v) is 2.73. The van der Waals surface area contributed by atoms with Gasteiger partial charge in [0.05, 0.1) is 19.6 Å². The molecule has 1 amide bonds. The Bertz CT molecular complexity index is 190. The third kappa shape index (κ3) is 2.00. The van der Waals surface area contributed by atoms with Crippen molar-refractivity contribution in [2.75, 3.05) is 32.8 Å². The van der Waals surface area contributed by atoms with Crippen LogP contribution < -0.4 is 5.32 Å². The lowest BCUT2D eigenvalue weighted by atomic mass is 10.2. The number of amides is 1. The minimum Gasteiger partial charge on any atom is -0.379 e. The maximum Gasteiger partial charge on any atom is 0.225 e. The predicted octanol–water partition coefficient (Wildman–Crippen LogP) is -0.403. The second-order valence-corrected chi connectivity index (χ2v) is 3.60. The van der Waals surface area contributed by atoms with Crippen molar-refractivity contribution in [3.05, 3.63) is 0 Å². The zero-order chi connectivity index (χ0) is 9.10. The van der Waals surface area contributed by atoms with E-state index in [-0.39, 0.29) is 5.91 Å². The number of hydrogen-bond donors (Lipinski definition) is 1. The topological polar surface area (TPSA) is 41.6 Å². The summed E-state index contributed by atoms with van der Waals surface area (Å²) in [4.78, 5) is 13.6. The summed E-state index contributed by atoms with van der Waals surface area (Å²) in [5.41, 5.74) is 0. The summed E-state index contributed by atoms with van der Waals surface area (Å²) in [6, 6.07) is 0.411. The van der Waals surface area contributed by atoms with E-state index in [0.29, 0.717) is 25.7 Å². The second kappa shape index (κ2) is 4.07. The zero-order valence-corrected chi connectivity index (χ0v) is 7.79. The van der Waals surface area contributed by atoms with Gasteiger partial charge < -0.3 is 15.0 Å². The van der Waals surface area contributed by atoms with Crippen LogP contribution in [0.3, 0.4) is 0 Å². The first-order chi connectivity index (χ1) is 6.38. The lowest BCUT2D eigenvalue weighted by molar-refractivity contribution is -0.132. The number of ether oxygens (including phenoxy) is 1. The monoisotopic (exact) mass is 184 g/mol. The van der Waals surface area contributed by atoms with Gasteiger partial charge in [0, 0.05) is 19.1 Å². The largest absolute Gasteiger partial charge is 0.379 e. The van der Waals surface area contributed by atoms with Gasteiger partial charge in [0.2, 0.25) is 5.91 Å². The van der Waals surface area contributed by atoms with Gasteiger partial charge in [-0.1, -0.05) is 0 Å². The normalized spacial score (nSPS) is 30.6. The van der Waals surface area contributed by atoms with E-state index in [2.05, 4.69) is 5.32 Å². The van der Waals surface area contributed by atoms with Crippen LogP contribution in [0.4, 0.5) is 0 Å². The highest BCUT2D eigenvalue weighted by atomic mass is 16.5. The highest BCUT2D eigenvalue weighted by Gasteiger charge is 2.27. The van der Waals surface area contributed by atoms with E-state index in [4.69, 9.17) is 4.74 Å². The van der Waals surface area contributed by atoms with Crippen LogP contribution in [0.5, 0.6) is 0 Å². The molecule has 2 aliphatic heterocycles. The number of nitrogens with zero attached hydrogens (tertiary/aromatic N) is 1. The minimum atomic E-state index is 0.256. The molecule has 0 spiro atoms. The van der Waals surface area contributed by atoms with Crippen LogP contribution in [-0.4, -0.2) is 49.7 Å². The number of rotatable bonds is 1. The average molecular weight is 184 g/mol. The van der Waals surface area contributed by atoms with Gasteiger partial charge in [-0.25, -0.2) is 0 Å². The minimum absolute atomic E-state index is 0.256. The Balaban J connectivity index is 1.97. The molecule has 1 unspecified atom stereocenters. The van der Waals surface area contributed by atoms with Crippen molar-refractivity contribution >= 4 is 5.91 Å². The molecule has 74 valence electrons. The van der Waals surface area contributed by atoms with Crippen molar-refractivity contribution in [3.8, 4) is 0 Å². The number of carbonyl (C=O) groups is 1. The Morgan fingerprint density at radius 2 is 2.38 bits per heavy atom. The van der Waals surface area contributed by atoms with E-state index in [1.54, 1.807) is 0 Å². The van der Waals surface area contributed by atoms with Crippen molar-refractivity contribution in [1.82, 2.24) is 10.2 Å². The van der Waals surface area contributed by atoms with E-state index in [1.165, 1.54) is 0 Å². The lowest BCUT2D eigenvalue weighted by Gasteiger charge is -2.26. The van der Waals surface area contributed by atoms with Crippen LogP contribution in [-0.2, 0) is 9.53 Å². The summed E-state index contributed by atoms with van der Waals surface area (Å²) >= 11 is 0. The van der Waals surface area contributed by atoms with E-state index in [1.807, 2.05) is 4.90 Å². The molecule has 1 atom stereocenters. The number of nitrogens with one attached hydrogen (secondary N) is 1. The van der Waals surface area contributed by atoms with Gasteiger partial charge in [-0.3, -0.25) is 4.79 Å². The van der Waals surface area contributed by atoms with Crippen LogP contribution in [0.1, 0.15) is 12.8 Å². The van der Waals surface area contributed by atoms with E-state index < -0.39 is 0 Å². The molecule has 0 saturated carbocycles. The zero-order valence-electron chi connectivity index (χ0n) is 7.79. The van der Waals surface area contributed by atoms with Crippen LogP contribution in [0.25, 0.3) is 0 Å². The first kappa shape index (κ1) is 8.97. The fraction of sp³-hybridized carbons (Fsp3) is 0.889. The first-order valence-corrected chi connectivity index (χ1v) is 4.96. The van der Waals surface area contributed by atoms with Gasteiger partial charge >= 0.3 is 0 Å². The Morgan fingerprint density at radius 1 is 1.46 bits per heavy atom. The SMILES string of the molecule is O=C1CCOCCN1C1CCNC1. The van der Waals surface area contributed by atoms with Crippen molar-refractivity contribution < 1.29 is 9.53 Å². The van der Waals surface area contributed by atoms with Gasteiger partial charge in [0.1, 0.15) is 0 Å². The molecular weight excluding hydrogens is 168 g/mol. The Labute approximate surface area is 78.2 Å². The average Bonchev–Trinajstić information content (AvgIpc) is 2.56. The molecule has 0 radical (unpaired) electrons. The van der Waals surface area contributed by atoms with Gasteiger partial charge in [-0.15, -0.1) is 0 Å². The van der Waals surface area contributed by atoms with E-state index in [9.17, 15) is 4.79 Å². The summed E-state index contributed by atoms with van der Waals surface area (Å²) < 4.78 is 5.27. The fourth-order valence-electron chi connectivity index (χ4n) is 1.98. The quantitative estimate of drug-likeness (QED) is 0.603. The molecule has 1 N–H and O–H groups in total.